The Morgan fingerprint density at radius 2 is 2.29 bits per heavy atom. The summed E-state index contributed by atoms with van der Waals surface area (Å²) in [6, 6.07) is -1.61. The molecule has 1 aliphatic rings. The highest BCUT2D eigenvalue weighted by atomic mass is 16.5. The molecule has 0 bridgehead atoms. The first kappa shape index (κ1) is 9.60. The number of nitrogen functional groups attached to an aromatic ring is 1. The summed E-state index contributed by atoms with van der Waals surface area (Å²) in [5.41, 5.74) is 5.51. The van der Waals surface area contributed by atoms with E-state index in [0.29, 0.717) is 6.42 Å². The van der Waals surface area contributed by atoms with Crippen molar-refractivity contribution in [3.05, 3.63) is 12.1 Å². The number of ether oxygens (including phenoxy) is 3. The van der Waals surface area contributed by atoms with Gasteiger partial charge in [0.25, 0.3) is 0 Å². The normalized spacial score (nSPS) is 26.4. The van der Waals surface area contributed by atoms with Gasteiger partial charge < -0.3 is 30.2 Å². The third-order valence-corrected chi connectivity index (χ3v) is 3.97. The van der Waals surface area contributed by atoms with Gasteiger partial charge >= 0.3 is 0 Å². The lowest BCUT2D eigenvalue weighted by atomic mass is 10.2. The molecule has 1 saturated heterocycles. The van der Waals surface area contributed by atoms with Gasteiger partial charge in [0.15, 0.2) is 11.5 Å². The van der Waals surface area contributed by atoms with E-state index in [4.69, 9.17) is 36.4 Å². The van der Waals surface area contributed by atoms with Gasteiger partial charge in [-0.3, -0.25) is 4.79 Å². The van der Waals surface area contributed by atoms with Crippen LogP contribution in [0.3, 0.4) is 0 Å². The van der Waals surface area contributed by atoms with Crippen LogP contribution in [-0.2, 0) is 9.53 Å². The number of carbonyl (C=O) groups is 1. The van der Waals surface area contributed by atoms with Gasteiger partial charge in [-0.2, -0.15) is 4.98 Å². The van der Waals surface area contributed by atoms with Crippen LogP contribution in [0.2, 0.25) is 0 Å². The molecule has 9 heteroatoms. The Morgan fingerprint density at radius 3 is 3.00 bits per heavy atom. The van der Waals surface area contributed by atoms with Crippen molar-refractivity contribution in [1.82, 2.24) is 15.3 Å². The number of aromatic nitrogens is 2. The third-order valence-electron chi connectivity index (χ3n) is 3.97. The summed E-state index contributed by atoms with van der Waals surface area (Å²) >= 11 is 0. The van der Waals surface area contributed by atoms with Gasteiger partial charge in [-0.05, 0) is 25.3 Å². The Bertz CT molecular complexity index is 1260. The summed E-state index contributed by atoms with van der Waals surface area (Å²) in [6.45, 7) is -2.84. The lowest BCUT2D eigenvalue weighted by molar-refractivity contribution is -0.130. The zero-order valence-corrected chi connectivity index (χ0v) is 14.8. The van der Waals surface area contributed by atoms with Crippen LogP contribution in [0.5, 0.6) is 11.5 Å². The predicted molar refractivity (Wildman–Crippen MR) is 107 cm³/mol. The Balaban J connectivity index is 2.00. The molecule has 3 rings (SSSR count). The quantitative estimate of drug-likeness (QED) is 0.638. The molecule has 28 heavy (non-hydrogen) atoms. The van der Waals surface area contributed by atoms with Gasteiger partial charge in [-0.15, -0.1) is 0 Å². The van der Waals surface area contributed by atoms with Crippen molar-refractivity contribution in [3.8, 4) is 11.5 Å². The average Bonchev–Trinajstić information content (AvgIpc) is 3.24. The highest BCUT2D eigenvalue weighted by Gasteiger charge is 2.22. The van der Waals surface area contributed by atoms with Crippen LogP contribution >= 0.6 is 0 Å². The Labute approximate surface area is 181 Å². The van der Waals surface area contributed by atoms with E-state index in [9.17, 15) is 4.79 Å². The van der Waals surface area contributed by atoms with E-state index >= 15 is 0 Å². The van der Waals surface area contributed by atoms with E-state index in [1.54, 1.807) is 0 Å². The zero-order valence-electron chi connectivity index (χ0n) is 26.8. The molecule has 2 heterocycles. The van der Waals surface area contributed by atoms with Crippen LogP contribution in [0.4, 0.5) is 11.8 Å². The highest BCUT2D eigenvalue weighted by molar-refractivity contribution is 5.91. The zero-order chi connectivity index (χ0) is 30.3. The number of benzene rings is 1. The van der Waals surface area contributed by atoms with Crippen molar-refractivity contribution in [2.24, 2.45) is 0 Å². The number of rotatable bonds is 8. The van der Waals surface area contributed by atoms with Crippen molar-refractivity contribution in [2.75, 3.05) is 51.4 Å². The van der Waals surface area contributed by atoms with Crippen LogP contribution in [0.15, 0.2) is 12.1 Å². The monoisotopic (exact) mass is 401 g/mol. The molecule has 0 aliphatic carbocycles. The molecule has 152 valence electrons. The average molecular weight is 402 g/mol. The van der Waals surface area contributed by atoms with Gasteiger partial charge in [-0.25, -0.2) is 4.98 Å². The number of carbonyl (C=O) groups excluding carboxylic acids is 1. The number of methoxy groups -OCH3 is 2. The van der Waals surface area contributed by atoms with Gasteiger partial charge in [-0.1, -0.05) is 0 Å². The van der Waals surface area contributed by atoms with Crippen molar-refractivity contribution in [1.29, 1.82) is 0 Å². The van der Waals surface area contributed by atoms with E-state index in [2.05, 4.69) is 15.3 Å². The molecule has 3 N–H and O–H groups in total. The molecule has 1 aromatic heterocycles. The molecule has 1 aliphatic heterocycles. The Kier molecular flexibility index (Phi) is 3.06. The molecule has 9 nitrogen and oxygen atoms in total. The molecule has 0 saturated carbocycles. The van der Waals surface area contributed by atoms with Crippen molar-refractivity contribution < 1.29 is 35.5 Å². The number of hydrogen-bond donors (Lipinski definition) is 2. The fourth-order valence-electron chi connectivity index (χ4n) is 2.60. The molecule has 1 atom stereocenters. The largest absolute Gasteiger partial charge is 0.493 e. The summed E-state index contributed by atoms with van der Waals surface area (Å²) in [4.78, 5) is 21.0. The van der Waals surface area contributed by atoms with E-state index in [0.717, 1.165) is 4.90 Å². The van der Waals surface area contributed by atoms with Crippen LogP contribution < -0.4 is 25.4 Å². The van der Waals surface area contributed by atoms with Crippen LogP contribution in [0.1, 0.15) is 35.7 Å². The first-order valence-corrected chi connectivity index (χ1v) is 8.42. The Morgan fingerprint density at radius 1 is 1.46 bits per heavy atom. The van der Waals surface area contributed by atoms with Gasteiger partial charge in [0.1, 0.15) is 11.9 Å². The second-order valence-electron chi connectivity index (χ2n) is 5.88. The number of amides is 1. The molecule has 1 unspecified atom stereocenters. The standard InChI is InChI=1S/C19H27N5O4/c1-24(8-5-7-21-18(25)14-6-4-9-28-14)19-22-13-11-16(27-3)15(26-2)10-12(13)17(20)23-19/h10-11,14H,4-9H2,1-3H3,(H,21,25)(H2,20,22,23)/i1D3,2D3,3D3,10D,11D,14D. The van der Waals surface area contributed by atoms with E-state index < -0.39 is 73.9 Å². The fraction of sp³-hybridized carbons (Fsp3) is 0.526. The minimum atomic E-state index is -3.18. The maximum atomic E-state index is 12.3. The molecule has 0 spiro atoms. The maximum absolute atomic E-state index is 12.3. The minimum Gasteiger partial charge on any atom is -0.493 e. The molecule has 1 aromatic carbocycles. The molecule has 1 fully saturated rings. The second-order valence-corrected chi connectivity index (χ2v) is 5.88. The lowest BCUT2D eigenvalue weighted by Crippen LogP contribution is -2.36. The molecule has 0 radical (unpaired) electrons. The summed E-state index contributed by atoms with van der Waals surface area (Å²) < 4.78 is 108. The number of fused-ring (bicyclic) bond motifs is 1. The van der Waals surface area contributed by atoms with E-state index in [1.807, 2.05) is 0 Å². The maximum Gasteiger partial charge on any atom is 0.249 e. The SMILES string of the molecule is [2H]c1c(OC([2H])([2H])[2H])c(OC([2H])([2H])[2H])c([2H])c2c(N)nc(N(CCCNC(=O)C3([2H])CCCO3)C([2H])([2H])[2H])nc12. The van der Waals surface area contributed by atoms with Crippen LogP contribution in [-0.4, -0.2) is 62.7 Å². The molecular formula is C19H27N5O4. The smallest absolute Gasteiger partial charge is 0.249 e. The highest BCUT2D eigenvalue weighted by Crippen LogP contribution is 2.33. The summed E-state index contributed by atoms with van der Waals surface area (Å²) in [6.07, 6.45) is -0.859. The number of nitrogens with zero attached hydrogens (tertiary/aromatic N) is 3. The van der Waals surface area contributed by atoms with Crippen LogP contribution in [0, 0.1) is 0 Å². The van der Waals surface area contributed by atoms with Gasteiger partial charge in [0, 0.05) is 42.2 Å². The number of nitrogens with one attached hydrogen (secondary N) is 1. The van der Waals surface area contributed by atoms with Gasteiger partial charge in [0.2, 0.25) is 11.9 Å². The molecular weight excluding hydrogens is 362 g/mol. The first-order valence-electron chi connectivity index (χ1n) is 14.4. The number of nitrogens with two attached hydrogens (primary N) is 1. The lowest BCUT2D eigenvalue weighted by Gasteiger charge is -2.19. The van der Waals surface area contributed by atoms with E-state index in [-0.39, 0.29) is 37.9 Å². The molecule has 1 amide bonds. The van der Waals surface area contributed by atoms with Crippen molar-refractivity contribution in [2.45, 2.75) is 25.3 Å². The van der Waals surface area contributed by atoms with Crippen LogP contribution in [0.25, 0.3) is 10.9 Å². The summed E-state index contributed by atoms with van der Waals surface area (Å²) in [5, 5.41) is 2.14. The Hall–Kier alpha value is -2.81. The summed E-state index contributed by atoms with van der Waals surface area (Å²) in [5.74, 6) is -3.51. The van der Waals surface area contributed by atoms with Gasteiger partial charge in [0.05, 0.1) is 31.9 Å². The predicted octanol–water partition coefficient (Wildman–Crippen LogP) is 1.35. The number of hydrogen-bond acceptors (Lipinski definition) is 8. The summed E-state index contributed by atoms with van der Waals surface area (Å²) in [7, 11) is -6.34. The second kappa shape index (κ2) is 8.92. The van der Waals surface area contributed by atoms with E-state index in [1.165, 1.54) is 0 Å². The topological polar surface area (TPSA) is 112 Å². The first-order chi connectivity index (χ1) is 18.2. The molecule has 2 aromatic rings. The minimum absolute atomic E-state index is 0.0224. The third kappa shape index (κ3) is 4.36. The van der Waals surface area contributed by atoms with Crippen molar-refractivity contribution >= 4 is 28.6 Å². The fourth-order valence-corrected chi connectivity index (χ4v) is 2.60. The number of anilines is 2. The van der Waals surface area contributed by atoms with Crippen molar-refractivity contribution in [3.63, 3.8) is 0 Å².